The third-order valence-electron chi connectivity index (χ3n) is 2.21. The molecule has 2 heterocycles. The summed E-state index contributed by atoms with van der Waals surface area (Å²) in [6.07, 6.45) is 2.35. The van der Waals surface area contributed by atoms with E-state index in [0.29, 0.717) is 9.21 Å². The summed E-state index contributed by atoms with van der Waals surface area (Å²) in [5.74, 6) is -0.542. The number of hydrogen-bond acceptors (Lipinski definition) is 6. The van der Waals surface area contributed by atoms with E-state index in [0.717, 1.165) is 12.3 Å². The summed E-state index contributed by atoms with van der Waals surface area (Å²) in [6.45, 7) is 0. The highest BCUT2D eigenvalue weighted by atomic mass is 79.9. The Bertz CT molecular complexity index is 743. The van der Waals surface area contributed by atoms with Crippen molar-refractivity contribution >= 4 is 60.9 Å². The number of nitro groups is 1. The van der Waals surface area contributed by atoms with Gasteiger partial charge in [-0.15, -0.1) is 0 Å². The zero-order chi connectivity index (χ0) is 15.6. The van der Waals surface area contributed by atoms with Gasteiger partial charge in [-0.25, -0.2) is 15.0 Å². The molecule has 0 atom stereocenters. The molecule has 8 nitrogen and oxygen atoms in total. The van der Waals surface area contributed by atoms with Crippen LogP contribution in [0.5, 0.6) is 0 Å². The Morgan fingerprint density at radius 2 is 2.05 bits per heavy atom. The van der Waals surface area contributed by atoms with E-state index in [1.165, 1.54) is 6.20 Å². The van der Waals surface area contributed by atoms with Crippen LogP contribution in [0.15, 0.2) is 27.7 Å². The average molecular weight is 437 g/mol. The maximum absolute atomic E-state index is 12.1. The van der Waals surface area contributed by atoms with Crippen molar-refractivity contribution in [2.75, 3.05) is 5.32 Å². The molecule has 0 saturated heterocycles. The van der Waals surface area contributed by atoms with Gasteiger partial charge >= 0.3 is 0 Å². The number of anilines is 1. The van der Waals surface area contributed by atoms with Gasteiger partial charge < -0.3 is 5.32 Å². The number of rotatable bonds is 3. The molecule has 0 aliphatic rings. The van der Waals surface area contributed by atoms with Crippen molar-refractivity contribution in [1.29, 1.82) is 0 Å². The highest BCUT2D eigenvalue weighted by Crippen LogP contribution is 2.23. The van der Waals surface area contributed by atoms with E-state index < -0.39 is 10.8 Å². The third-order valence-corrected chi connectivity index (χ3v) is 3.45. The molecule has 0 aliphatic carbocycles. The number of nitrogens with zero attached hydrogens (tertiary/aromatic N) is 4. The zero-order valence-corrected chi connectivity index (χ0v) is 13.8. The lowest BCUT2D eigenvalue weighted by atomic mass is 10.2. The van der Waals surface area contributed by atoms with E-state index in [4.69, 9.17) is 11.6 Å². The lowest BCUT2D eigenvalue weighted by Crippen LogP contribution is -2.15. The molecule has 2 aromatic heterocycles. The fraction of sp³-hybridized carbons (Fsp3) is 0. The number of carbonyl (C=O) groups excluding carboxylic acids is 1. The van der Waals surface area contributed by atoms with Gasteiger partial charge in [-0.05, 0) is 31.9 Å². The maximum atomic E-state index is 12.1. The second-order valence-corrected chi connectivity index (χ2v) is 5.50. The van der Waals surface area contributed by atoms with E-state index in [9.17, 15) is 14.9 Å². The molecule has 0 unspecified atom stereocenters. The number of nitrogens with one attached hydrogen (secondary N) is 1. The number of hydrogen-bond donors (Lipinski definition) is 1. The summed E-state index contributed by atoms with van der Waals surface area (Å²) in [5.41, 5.74) is -0.479. The van der Waals surface area contributed by atoms with Gasteiger partial charge in [-0.3, -0.25) is 14.9 Å². The Balaban J connectivity index is 2.32. The maximum Gasteiger partial charge on any atom is 0.288 e. The van der Waals surface area contributed by atoms with Crippen LogP contribution in [0.3, 0.4) is 0 Å². The van der Waals surface area contributed by atoms with Crippen LogP contribution in [0.4, 0.5) is 11.5 Å². The smallest absolute Gasteiger partial charge is 0.288 e. The molecule has 2 rings (SSSR count). The van der Waals surface area contributed by atoms with E-state index in [2.05, 4.69) is 52.1 Å². The average Bonchev–Trinajstić information content (AvgIpc) is 2.42. The molecule has 0 spiro atoms. The number of aromatic nitrogens is 3. The summed E-state index contributed by atoms with van der Waals surface area (Å²) in [7, 11) is 0. The van der Waals surface area contributed by atoms with E-state index in [1.807, 2.05) is 0 Å². The van der Waals surface area contributed by atoms with Crippen LogP contribution < -0.4 is 5.32 Å². The predicted octanol–water partition coefficient (Wildman–Crippen LogP) is 3.21. The van der Waals surface area contributed by atoms with E-state index in [-0.39, 0.29) is 22.2 Å². The Morgan fingerprint density at radius 1 is 1.33 bits per heavy atom. The Labute approximate surface area is 139 Å². The van der Waals surface area contributed by atoms with E-state index in [1.54, 1.807) is 0 Å². The molecule has 0 bridgehead atoms. The summed E-state index contributed by atoms with van der Waals surface area (Å²) in [4.78, 5) is 33.6. The van der Waals surface area contributed by atoms with Crippen molar-refractivity contribution in [2.24, 2.45) is 0 Å². The fourth-order valence-corrected chi connectivity index (χ4v) is 2.40. The first kappa shape index (κ1) is 15.7. The van der Waals surface area contributed by atoms with Crippen LogP contribution in [-0.4, -0.2) is 25.8 Å². The van der Waals surface area contributed by atoms with Crippen molar-refractivity contribution in [3.05, 3.63) is 48.5 Å². The second kappa shape index (κ2) is 6.41. The van der Waals surface area contributed by atoms with Crippen molar-refractivity contribution in [1.82, 2.24) is 15.0 Å². The number of pyridine rings is 1. The largest absolute Gasteiger partial charge is 0.304 e. The molecule has 11 heteroatoms. The van der Waals surface area contributed by atoms with Crippen LogP contribution in [0.25, 0.3) is 0 Å². The molecule has 0 aromatic carbocycles. The quantitative estimate of drug-likeness (QED) is 0.448. The van der Waals surface area contributed by atoms with Gasteiger partial charge in [0.2, 0.25) is 0 Å². The molecule has 108 valence electrons. The SMILES string of the molecule is O=C(Nc1ncc(Br)nc1Br)c1cc([N+](=O)[O-])cnc1Cl. The first-order chi connectivity index (χ1) is 9.88. The van der Waals surface area contributed by atoms with Crippen LogP contribution >= 0.6 is 43.5 Å². The number of amides is 1. The summed E-state index contributed by atoms with van der Waals surface area (Å²) < 4.78 is 0.766. The van der Waals surface area contributed by atoms with Crippen LogP contribution in [-0.2, 0) is 0 Å². The molecule has 0 aliphatic heterocycles. The van der Waals surface area contributed by atoms with Crippen LogP contribution in [0, 0.1) is 10.1 Å². The molecule has 0 fully saturated rings. The molecular formula is C10H4Br2ClN5O3. The van der Waals surface area contributed by atoms with Gasteiger partial charge in [0.1, 0.15) is 20.6 Å². The van der Waals surface area contributed by atoms with Gasteiger partial charge in [0, 0.05) is 6.07 Å². The van der Waals surface area contributed by atoms with Crippen molar-refractivity contribution < 1.29 is 9.72 Å². The van der Waals surface area contributed by atoms with Gasteiger partial charge in [-0.2, -0.15) is 0 Å². The van der Waals surface area contributed by atoms with Crippen molar-refractivity contribution in [3.8, 4) is 0 Å². The zero-order valence-electron chi connectivity index (χ0n) is 9.88. The first-order valence-corrected chi connectivity index (χ1v) is 7.14. The monoisotopic (exact) mass is 435 g/mol. The molecule has 0 radical (unpaired) electrons. The molecule has 1 amide bonds. The van der Waals surface area contributed by atoms with Gasteiger partial charge in [0.25, 0.3) is 11.6 Å². The standard InChI is InChI=1S/C10H4Br2ClN5O3/c11-6-3-15-9(7(12)16-6)17-10(19)5-1-4(18(20)21)2-14-8(5)13/h1-3H,(H,15,17,19). The van der Waals surface area contributed by atoms with Gasteiger partial charge in [-0.1, -0.05) is 11.6 Å². The third kappa shape index (κ3) is 3.71. The summed E-state index contributed by atoms with van der Waals surface area (Å²) >= 11 is 12.0. The lowest BCUT2D eigenvalue weighted by molar-refractivity contribution is -0.385. The molecule has 2 aromatic rings. The highest BCUT2D eigenvalue weighted by Gasteiger charge is 2.18. The Kier molecular flexibility index (Phi) is 4.80. The van der Waals surface area contributed by atoms with Crippen LogP contribution in [0.2, 0.25) is 5.15 Å². The minimum absolute atomic E-state index is 0.137. The predicted molar refractivity (Wildman–Crippen MR) is 81.3 cm³/mol. The molecular weight excluding hydrogens is 433 g/mol. The Morgan fingerprint density at radius 3 is 2.67 bits per heavy atom. The Hall–Kier alpha value is -1.65. The topological polar surface area (TPSA) is 111 Å². The minimum Gasteiger partial charge on any atom is -0.304 e. The highest BCUT2D eigenvalue weighted by molar-refractivity contribution is 9.11. The normalized spacial score (nSPS) is 10.2. The van der Waals surface area contributed by atoms with Gasteiger partial charge in [0.05, 0.1) is 16.7 Å². The number of carbonyl (C=O) groups is 1. The number of halogens is 3. The lowest BCUT2D eigenvalue weighted by Gasteiger charge is -2.06. The van der Waals surface area contributed by atoms with Crippen LogP contribution in [0.1, 0.15) is 10.4 Å². The van der Waals surface area contributed by atoms with Crippen molar-refractivity contribution in [2.45, 2.75) is 0 Å². The van der Waals surface area contributed by atoms with Gasteiger partial charge in [0.15, 0.2) is 5.82 Å². The molecule has 21 heavy (non-hydrogen) atoms. The molecule has 0 saturated carbocycles. The first-order valence-electron chi connectivity index (χ1n) is 5.18. The van der Waals surface area contributed by atoms with E-state index >= 15 is 0 Å². The minimum atomic E-state index is -0.687. The van der Waals surface area contributed by atoms with Crippen molar-refractivity contribution in [3.63, 3.8) is 0 Å². The fourth-order valence-electron chi connectivity index (χ4n) is 1.30. The molecule has 1 N–H and O–H groups in total. The summed E-state index contributed by atoms with van der Waals surface area (Å²) in [5, 5.41) is 13.0. The second-order valence-electron chi connectivity index (χ2n) is 3.58. The summed E-state index contributed by atoms with van der Waals surface area (Å²) in [6, 6.07) is 1.03.